The summed E-state index contributed by atoms with van der Waals surface area (Å²) in [4.78, 5) is 0. The molecule has 4 nitrogen and oxygen atoms in total. The normalized spacial score (nSPS) is 59.0. The maximum Gasteiger partial charge on any atom is 0.0663 e. The number of nitrogens with zero attached hydrogens (tertiary/aromatic N) is 1. The number of hydrogen-bond donors (Lipinski definition) is 2. The lowest BCUT2D eigenvalue weighted by molar-refractivity contribution is -0.237. The van der Waals surface area contributed by atoms with Gasteiger partial charge < -0.3 is 15.1 Å². The van der Waals surface area contributed by atoms with Gasteiger partial charge in [-0.2, -0.15) is 0 Å². The minimum absolute atomic E-state index is 0.0919. The van der Waals surface area contributed by atoms with Crippen LogP contribution in [0.1, 0.15) is 106 Å². The van der Waals surface area contributed by atoms with Crippen LogP contribution in [0.15, 0.2) is 5.16 Å². The molecule has 6 fully saturated rings. The van der Waals surface area contributed by atoms with Crippen LogP contribution in [-0.4, -0.2) is 35.3 Å². The topological polar surface area (TPSA) is 62.1 Å². The third-order valence-electron chi connectivity index (χ3n) is 14.2. The third kappa shape index (κ3) is 2.56. The lowest BCUT2D eigenvalue weighted by Gasteiger charge is -2.73. The molecule has 6 rings (SSSR count). The van der Waals surface area contributed by atoms with Crippen molar-refractivity contribution in [1.82, 2.24) is 0 Å². The van der Waals surface area contributed by atoms with Gasteiger partial charge in [-0.3, -0.25) is 0 Å². The van der Waals surface area contributed by atoms with Crippen molar-refractivity contribution in [2.75, 3.05) is 13.2 Å². The molecule has 0 aromatic carbocycles. The summed E-state index contributed by atoms with van der Waals surface area (Å²) in [6.45, 7) is 16.1. The molecule has 0 aromatic rings. The second-order valence-electron chi connectivity index (χ2n) is 15.4. The fourth-order valence-corrected chi connectivity index (χ4v) is 12.0. The van der Waals surface area contributed by atoms with Crippen LogP contribution in [0.2, 0.25) is 0 Å². The predicted octanol–water partition coefficient (Wildman–Crippen LogP) is 6.68. The van der Waals surface area contributed by atoms with Gasteiger partial charge >= 0.3 is 0 Å². The van der Waals surface area contributed by atoms with E-state index < -0.39 is 5.41 Å². The Labute approximate surface area is 207 Å². The second kappa shape index (κ2) is 7.03. The fourth-order valence-electron chi connectivity index (χ4n) is 12.0. The van der Waals surface area contributed by atoms with Crippen LogP contribution in [0, 0.1) is 56.2 Å². The van der Waals surface area contributed by atoms with E-state index in [1.54, 1.807) is 0 Å². The Kier molecular flexibility index (Phi) is 4.91. The molecule has 6 aliphatic rings. The lowest BCUT2D eigenvalue weighted by Crippen LogP contribution is -2.68. The highest BCUT2D eigenvalue weighted by molar-refractivity contribution is 5.91. The summed E-state index contributed by atoms with van der Waals surface area (Å²) < 4.78 is 6.70. The Morgan fingerprint density at radius 1 is 0.853 bits per heavy atom. The largest absolute Gasteiger partial charge is 0.411 e. The molecule has 2 N–H and O–H groups in total. The van der Waals surface area contributed by atoms with E-state index in [4.69, 9.17) is 4.74 Å². The molecular formula is C30H49NO3. The van der Waals surface area contributed by atoms with Gasteiger partial charge in [0.15, 0.2) is 0 Å². The zero-order valence-corrected chi connectivity index (χ0v) is 22.6. The van der Waals surface area contributed by atoms with Crippen molar-refractivity contribution in [2.24, 2.45) is 61.3 Å². The minimum atomic E-state index is -0.391. The average molecular weight is 472 g/mol. The zero-order valence-electron chi connectivity index (χ0n) is 22.6. The smallest absolute Gasteiger partial charge is 0.0663 e. The Bertz CT molecular complexity index is 899. The molecule has 0 aromatic heterocycles. The first-order valence-corrected chi connectivity index (χ1v) is 14.4. The van der Waals surface area contributed by atoms with Crippen molar-refractivity contribution in [2.45, 2.75) is 112 Å². The van der Waals surface area contributed by atoms with Crippen LogP contribution in [0.5, 0.6) is 0 Å². The number of hydrogen-bond acceptors (Lipinski definition) is 4. The summed E-state index contributed by atoms with van der Waals surface area (Å²) in [6, 6.07) is 0. The van der Waals surface area contributed by atoms with E-state index in [0.29, 0.717) is 39.6 Å². The van der Waals surface area contributed by atoms with Crippen molar-refractivity contribution >= 4 is 5.71 Å². The van der Waals surface area contributed by atoms with Gasteiger partial charge in [0, 0.05) is 5.41 Å². The highest BCUT2D eigenvalue weighted by Gasteiger charge is 2.72. The molecule has 0 amide bonds. The Balaban J connectivity index is 1.39. The molecule has 5 saturated carbocycles. The van der Waals surface area contributed by atoms with Gasteiger partial charge in [0.1, 0.15) is 0 Å². The molecule has 2 unspecified atom stereocenters. The summed E-state index contributed by atoms with van der Waals surface area (Å²) in [5, 5.41) is 24.0. The molecule has 192 valence electrons. The highest BCUT2D eigenvalue weighted by Crippen LogP contribution is 2.77. The van der Waals surface area contributed by atoms with Gasteiger partial charge in [-0.15, -0.1) is 0 Å². The van der Waals surface area contributed by atoms with Gasteiger partial charge in [-0.05, 0) is 115 Å². The number of ether oxygens (including phenoxy) is 1. The van der Waals surface area contributed by atoms with Gasteiger partial charge in [-0.1, -0.05) is 46.7 Å². The summed E-state index contributed by atoms with van der Waals surface area (Å²) in [6.07, 6.45) is 12.8. The van der Waals surface area contributed by atoms with Crippen molar-refractivity contribution in [3.63, 3.8) is 0 Å². The van der Waals surface area contributed by atoms with Gasteiger partial charge in [0.05, 0.1) is 25.0 Å². The van der Waals surface area contributed by atoms with Crippen molar-refractivity contribution in [1.29, 1.82) is 0 Å². The van der Waals surface area contributed by atoms with Crippen LogP contribution >= 0.6 is 0 Å². The van der Waals surface area contributed by atoms with E-state index in [-0.39, 0.29) is 12.0 Å². The van der Waals surface area contributed by atoms with E-state index in [1.165, 1.54) is 44.9 Å². The molecule has 4 heteroatoms. The fraction of sp³-hybridized carbons (Fsp3) is 0.967. The number of fused-ring (bicyclic) bond motifs is 5. The Morgan fingerprint density at radius 2 is 1.59 bits per heavy atom. The van der Waals surface area contributed by atoms with Crippen LogP contribution in [0.3, 0.4) is 0 Å². The summed E-state index contributed by atoms with van der Waals surface area (Å²) in [5.41, 5.74) is 2.07. The molecule has 10 atom stereocenters. The average Bonchev–Trinajstić information content (AvgIpc) is 3.13. The van der Waals surface area contributed by atoms with Crippen LogP contribution in [-0.2, 0) is 4.74 Å². The summed E-state index contributed by atoms with van der Waals surface area (Å²) in [7, 11) is 0. The van der Waals surface area contributed by atoms with Gasteiger partial charge in [0.25, 0.3) is 0 Å². The van der Waals surface area contributed by atoms with Crippen LogP contribution < -0.4 is 0 Å². The quantitative estimate of drug-likeness (QED) is 0.331. The summed E-state index contributed by atoms with van der Waals surface area (Å²) >= 11 is 0. The van der Waals surface area contributed by atoms with Crippen molar-refractivity contribution < 1.29 is 15.1 Å². The van der Waals surface area contributed by atoms with Gasteiger partial charge in [-0.25, -0.2) is 0 Å². The number of rotatable bonds is 1. The maximum absolute atomic E-state index is 10.5. The molecule has 0 spiro atoms. The SMILES string of the molecule is CC1(C)CC[C@]23CC[C@]4(C)[C@H](CC[C@@H]5[C@@]6(C)CC/C(=N\O)[C@@](C)(CO)C6CC[C@]54C)[C@H]2C1OC3. The van der Waals surface area contributed by atoms with Gasteiger partial charge in [0.2, 0.25) is 0 Å². The van der Waals surface area contributed by atoms with Crippen LogP contribution in [0.25, 0.3) is 0 Å². The minimum Gasteiger partial charge on any atom is -0.411 e. The third-order valence-corrected chi connectivity index (χ3v) is 14.2. The highest BCUT2D eigenvalue weighted by atomic mass is 16.5. The molecule has 1 heterocycles. The van der Waals surface area contributed by atoms with E-state index in [0.717, 1.165) is 43.4 Å². The van der Waals surface area contributed by atoms with Crippen molar-refractivity contribution in [3.8, 4) is 0 Å². The monoisotopic (exact) mass is 471 g/mol. The van der Waals surface area contributed by atoms with E-state index in [2.05, 4.69) is 46.7 Å². The number of aliphatic hydroxyl groups is 1. The molecule has 1 aliphatic heterocycles. The number of oxime groups is 1. The summed E-state index contributed by atoms with van der Waals surface area (Å²) in [5.74, 6) is 2.58. The molecule has 5 aliphatic carbocycles. The Morgan fingerprint density at radius 3 is 2.29 bits per heavy atom. The van der Waals surface area contributed by atoms with Crippen LogP contribution in [0.4, 0.5) is 0 Å². The molecule has 1 saturated heterocycles. The maximum atomic E-state index is 10.5. The zero-order chi connectivity index (χ0) is 24.4. The molecule has 2 bridgehead atoms. The van der Waals surface area contributed by atoms with E-state index in [1.807, 2.05) is 0 Å². The molecule has 0 radical (unpaired) electrons. The van der Waals surface area contributed by atoms with Crippen molar-refractivity contribution in [3.05, 3.63) is 0 Å². The standard InChI is InChI=1S/C30H49NO3/c1-25(2)13-15-30-16-14-28(5)19(23(30)24(25)34-18-30)7-8-21-26(3)11-10-22(31-33)27(4,17-32)20(26)9-12-29(21,28)6/h19-21,23-24,32-33H,7-18H2,1-6H3/b31-22+/t19-,20?,21-,23+,24?,26+,27+,28-,29-,30-/m1/s1. The first-order valence-electron chi connectivity index (χ1n) is 14.4. The molecule has 34 heavy (non-hydrogen) atoms. The lowest BCUT2D eigenvalue weighted by atomic mass is 9.31. The predicted molar refractivity (Wildman–Crippen MR) is 135 cm³/mol. The molecular weight excluding hydrogens is 422 g/mol. The Hall–Kier alpha value is -0.610. The first-order chi connectivity index (χ1) is 15.9. The van der Waals surface area contributed by atoms with E-state index >= 15 is 0 Å². The number of aliphatic hydroxyl groups excluding tert-OH is 1. The van der Waals surface area contributed by atoms with E-state index in [9.17, 15) is 10.3 Å². The second-order valence-corrected chi connectivity index (χ2v) is 15.4. The first kappa shape index (κ1) is 23.8.